The molecule has 0 amide bonds. The van der Waals surface area contributed by atoms with Gasteiger partial charge in [0.15, 0.2) is 5.11 Å². The Morgan fingerprint density at radius 1 is 1.30 bits per heavy atom. The van der Waals surface area contributed by atoms with E-state index in [0.29, 0.717) is 0 Å². The molecule has 1 aliphatic heterocycles. The summed E-state index contributed by atoms with van der Waals surface area (Å²) in [6.07, 6.45) is 4.40. The molecule has 4 rings (SSSR count). The van der Waals surface area contributed by atoms with Crippen LogP contribution in [0.1, 0.15) is 18.4 Å². The van der Waals surface area contributed by atoms with Gasteiger partial charge in [-0.3, -0.25) is 0 Å². The second kappa shape index (κ2) is 6.20. The summed E-state index contributed by atoms with van der Waals surface area (Å²) in [6, 6.07) is 0. The highest BCUT2D eigenvalue weighted by Crippen LogP contribution is 2.31. The van der Waals surface area contributed by atoms with Crippen molar-refractivity contribution in [3.8, 4) is 0 Å². The first-order valence-corrected chi connectivity index (χ1v) is 9.47. The van der Waals surface area contributed by atoms with E-state index in [2.05, 4.69) is 37.4 Å². The van der Waals surface area contributed by atoms with Crippen LogP contribution in [0.25, 0.3) is 10.2 Å². The molecule has 0 aromatic carbocycles. The van der Waals surface area contributed by atoms with Crippen LogP contribution in [0.5, 0.6) is 0 Å². The lowest BCUT2D eigenvalue weighted by Gasteiger charge is -2.36. The van der Waals surface area contributed by atoms with E-state index in [0.717, 1.165) is 55.1 Å². The molecule has 0 bridgehead atoms. The molecular weight excluding hydrogens is 326 g/mol. The number of anilines is 1. The van der Waals surface area contributed by atoms with Crippen molar-refractivity contribution in [2.45, 2.75) is 19.8 Å². The number of aryl methyl sites for hydroxylation is 1. The topological polar surface area (TPSA) is 44.3 Å². The maximum Gasteiger partial charge on any atom is 0.169 e. The summed E-state index contributed by atoms with van der Waals surface area (Å²) in [5.74, 6) is 1.93. The predicted molar refractivity (Wildman–Crippen MR) is 99.3 cm³/mol. The summed E-state index contributed by atoms with van der Waals surface area (Å²) in [5, 5.41) is 6.49. The van der Waals surface area contributed by atoms with Crippen LogP contribution in [0, 0.1) is 12.8 Å². The fourth-order valence-electron chi connectivity index (χ4n) is 2.97. The summed E-state index contributed by atoms with van der Waals surface area (Å²) in [5.41, 5.74) is 2.32. The van der Waals surface area contributed by atoms with E-state index >= 15 is 0 Å². The lowest BCUT2D eigenvalue weighted by Crippen LogP contribution is -2.52. The summed E-state index contributed by atoms with van der Waals surface area (Å²) in [7, 11) is 0. The van der Waals surface area contributed by atoms with Crippen LogP contribution in [0.3, 0.4) is 0 Å². The Morgan fingerprint density at radius 3 is 2.83 bits per heavy atom. The van der Waals surface area contributed by atoms with Crippen molar-refractivity contribution in [3.63, 3.8) is 0 Å². The van der Waals surface area contributed by atoms with Crippen molar-refractivity contribution in [1.82, 2.24) is 20.2 Å². The molecule has 122 valence electrons. The fourth-order valence-corrected chi connectivity index (χ4v) is 4.25. The molecule has 0 atom stereocenters. The average Bonchev–Trinajstić information content (AvgIpc) is 3.35. The molecule has 2 fully saturated rings. The first-order valence-electron chi connectivity index (χ1n) is 8.19. The number of nitrogens with zero attached hydrogens (tertiary/aromatic N) is 4. The second-order valence-corrected chi connectivity index (χ2v) is 7.66. The van der Waals surface area contributed by atoms with E-state index in [4.69, 9.17) is 12.2 Å². The number of nitrogens with one attached hydrogen (secondary N) is 1. The summed E-state index contributed by atoms with van der Waals surface area (Å²) in [4.78, 5) is 13.6. The summed E-state index contributed by atoms with van der Waals surface area (Å²) in [6.45, 7) is 6.96. The second-order valence-electron chi connectivity index (χ2n) is 6.40. The van der Waals surface area contributed by atoms with Gasteiger partial charge in [0.25, 0.3) is 0 Å². The number of fused-ring (bicyclic) bond motifs is 1. The zero-order valence-corrected chi connectivity index (χ0v) is 14.9. The smallest absolute Gasteiger partial charge is 0.169 e. The molecule has 3 heterocycles. The molecule has 1 saturated heterocycles. The zero-order chi connectivity index (χ0) is 15.8. The van der Waals surface area contributed by atoms with Crippen molar-refractivity contribution >= 4 is 44.7 Å². The Hall–Kier alpha value is -1.47. The third-order valence-corrected chi connectivity index (χ3v) is 6.10. The van der Waals surface area contributed by atoms with Crippen LogP contribution in [-0.2, 0) is 0 Å². The molecule has 23 heavy (non-hydrogen) atoms. The zero-order valence-electron chi connectivity index (χ0n) is 13.3. The van der Waals surface area contributed by atoms with E-state index in [-0.39, 0.29) is 0 Å². The van der Waals surface area contributed by atoms with Gasteiger partial charge in [-0.1, -0.05) is 0 Å². The molecule has 0 radical (unpaired) electrons. The Labute approximate surface area is 145 Å². The van der Waals surface area contributed by atoms with Crippen LogP contribution >= 0.6 is 23.6 Å². The van der Waals surface area contributed by atoms with Crippen molar-refractivity contribution in [1.29, 1.82) is 0 Å². The van der Waals surface area contributed by atoms with E-state index in [1.807, 2.05) is 0 Å². The third-order valence-electron chi connectivity index (χ3n) is 4.62. The number of piperazine rings is 1. The molecule has 2 aromatic rings. The largest absolute Gasteiger partial charge is 0.362 e. The highest BCUT2D eigenvalue weighted by molar-refractivity contribution is 7.80. The molecule has 1 N–H and O–H groups in total. The maximum absolute atomic E-state index is 5.53. The molecule has 7 heteroatoms. The first kappa shape index (κ1) is 15.1. The number of rotatable bonds is 3. The van der Waals surface area contributed by atoms with E-state index in [9.17, 15) is 0 Å². The Kier molecular flexibility index (Phi) is 4.07. The highest BCUT2D eigenvalue weighted by atomic mass is 32.1. The Morgan fingerprint density at radius 2 is 2.09 bits per heavy atom. The van der Waals surface area contributed by atoms with Crippen LogP contribution in [0.2, 0.25) is 0 Å². The fraction of sp³-hybridized carbons (Fsp3) is 0.562. The van der Waals surface area contributed by atoms with Gasteiger partial charge in [-0.25, -0.2) is 9.97 Å². The van der Waals surface area contributed by atoms with Crippen LogP contribution in [0.4, 0.5) is 5.82 Å². The maximum atomic E-state index is 5.53. The molecule has 0 unspecified atom stereocenters. The Bertz CT molecular complexity index is 716. The minimum Gasteiger partial charge on any atom is -0.362 e. The normalized spacial score (nSPS) is 18.5. The van der Waals surface area contributed by atoms with Crippen LogP contribution < -0.4 is 10.2 Å². The van der Waals surface area contributed by atoms with Crippen molar-refractivity contribution in [3.05, 3.63) is 17.3 Å². The molecular formula is C16H21N5S2. The highest BCUT2D eigenvalue weighted by Gasteiger charge is 2.24. The molecule has 2 aromatic heterocycles. The van der Waals surface area contributed by atoms with E-state index in [1.165, 1.54) is 23.1 Å². The summed E-state index contributed by atoms with van der Waals surface area (Å²) < 4.78 is 1.20. The third kappa shape index (κ3) is 3.12. The van der Waals surface area contributed by atoms with Gasteiger partial charge in [0.1, 0.15) is 12.1 Å². The molecule has 5 nitrogen and oxygen atoms in total. The number of thiocarbonyl (C=S) groups is 1. The molecule has 1 saturated carbocycles. The predicted octanol–water partition coefficient (Wildman–Crippen LogP) is 2.41. The van der Waals surface area contributed by atoms with Gasteiger partial charge in [0.05, 0.1) is 10.2 Å². The number of aromatic nitrogens is 2. The number of hydrogen-bond acceptors (Lipinski definition) is 5. The van der Waals surface area contributed by atoms with Gasteiger partial charge in [-0.15, -0.1) is 11.3 Å². The lowest BCUT2D eigenvalue weighted by molar-refractivity contribution is 0.379. The number of hydrogen-bond donors (Lipinski definition) is 1. The van der Waals surface area contributed by atoms with Crippen molar-refractivity contribution in [2.24, 2.45) is 5.92 Å². The quantitative estimate of drug-likeness (QED) is 0.860. The van der Waals surface area contributed by atoms with Gasteiger partial charge in [-0.2, -0.15) is 0 Å². The standard InChI is InChI=1S/C16H21N5S2/c1-11-9-23-14-13(11)18-10-19-15(14)20-4-6-21(7-5-20)16(22)17-8-12-2-3-12/h9-10,12H,2-8H2,1H3,(H,17,22). The molecule has 0 spiro atoms. The van der Waals surface area contributed by atoms with Crippen molar-refractivity contribution < 1.29 is 0 Å². The van der Waals surface area contributed by atoms with Crippen LogP contribution in [-0.4, -0.2) is 52.7 Å². The van der Waals surface area contributed by atoms with Crippen LogP contribution in [0.15, 0.2) is 11.7 Å². The van der Waals surface area contributed by atoms with E-state index in [1.54, 1.807) is 17.7 Å². The average molecular weight is 348 g/mol. The van der Waals surface area contributed by atoms with Gasteiger partial charge in [0.2, 0.25) is 0 Å². The molecule has 1 aliphatic carbocycles. The monoisotopic (exact) mass is 347 g/mol. The summed E-state index contributed by atoms with van der Waals surface area (Å²) >= 11 is 7.27. The van der Waals surface area contributed by atoms with Gasteiger partial charge in [0, 0.05) is 32.7 Å². The minimum atomic E-state index is 0.852. The molecule has 2 aliphatic rings. The minimum absolute atomic E-state index is 0.852. The SMILES string of the molecule is Cc1csc2c(N3CCN(C(=S)NCC4CC4)CC3)ncnc12. The Balaban J connectivity index is 1.41. The van der Waals surface area contributed by atoms with Gasteiger partial charge >= 0.3 is 0 Å². The van der Waals surface area contributed by atoms with Gasteiger partial charge < -0.3 is 15.1 Å². The van der Waals surface area contributed by atoms with Crippen molar-refractivity contribution in [2.75, 3.05) is 37.6 Å². The van der Waals surface area contributed by atoms with E-state index < -0.39 is 0 Å². The lowest BCUT2D eigenvalue weighted by atomic mass is 10.3. The first-order chi connectivity index (χ1) is 11.2. The number of thiophene rings is 1. The van der Waals surface area contributed by atoms with Gasteiger partial charge in [-0.05, 0) is 48.8 Å².